The van der Waals surface area contributed by atoms with Crippen molar-refractivity contribution >= 4 is 5.97 Å². The summed E-state index contributed by atoms with van der Waals surface area (Å²) in [5.74, 6) is -0.172. The quantitative estimate of drug-likeness (QED) is 0.647. The molecule has 0 spiro atoms. The van der Waals surface area contributed by atoms with Gasteiger partial charge in [0.25, 0.3) is 0 Å². The van der Waals surface area contributed by atoms with Crippen molar-refractivity contribution in [2.45, 2.75) is 25.9 Å². The van der Waals surface area contributed by atoms with E-state index < -0.39 is 0 Å². The van der Waals surface area contributed by atoms with Crippen LogP contribution < -0.4 is 0 Å². The van der Waals surface area contributed by atoms with Gasteiger partial charge in [0.1, 0.15) is 6.10 Å². The van der Waals surface area contributed by atoms with E-state index in [-0.39, 0.29) is 12.1 Å². The Labute approximate surface area is 77.5 Å². The van der Waals surface area contributed by atoms with Crippen LogP contribution in [0, 0.1) is 0 Å². The third kappa shape index (κ3) is 1.32. The van der Waals surface area contributed by atoms with Gasteiger partial charge in [0.05, 0.1) is 5.56 Å². The van der Waals surface area contributed by atoms with E-state index in [0.29, 0.717) is 0 Å². The Morgan fingerprint density at radius 2 is 2.15 bits per heavy atom. The van der Waals surface area contributed by atoms with E-state index in [4.69, 9.17) is 4.74 Å². The van der Waals surface area contributed by atoms with Crippen LogP contribution in [-0.2, 0) is 4.74 Å². The summed E-state index contributed by atoms with van der Waals surface area (Å²) in [5.41, 5.74) is 1.79. The molecule has 0 N–H and O–H groups in total. The van der Waals surface area contributed by atoms with Crippen molar-refractivity contribution < 1.29 is 9.53 Å². The van der Waals surface area contributed by atoms with Crippen molar-refractivity contribution in [1.29, 1.82) is 0 Å². The molecular formula is C11H12O2. The van der Waals surface area contributed by atoms with Crippen LogP contribution in [0.2, 0.25) is 0 Å². The molecule has 0 saturated heterocycles. The van der Waals surface area contributed by atoms with Crippen LogP contribution in [-0.4, -0.2) is 5.97 Å². The zero-order valence-corrected chi connectivity index (χ0v) is 7.62. The van der Waals surface area contributed by atoms with Crippen LogP contribution in [0.25, 0.3) is 0 Å². The molecule has 0 unspecified atom stereocenters. The Morgan fingerprint density at radius 3 is 2.92 bits per heavy atom. The summed E-state index contributed by atoms with van der Waals surface area (Å²) in [5, 5.41) is 0. The first kappa shape index (κ1) is 8.30. The topological polar surface area (TPSA) is 26.3 Å². The molecule has 0 radical (unpaired) electrons. The molecule has 1 aromatic rings. The van der Waals surface area contributed by atoms with E-state index in [1.807, 2.05) is 24.3 Å². The van der Waals surface area contributed by atoms with Gasteiger partial charge in [0.2, 0.25) is 0 Å². The Balaban J connectivity index is 2.36. The van der Waals surface area contributed by atoms with Crippen molar-refractivity contribution in [3.05, 3.63) is 35.4 Å². The molecule has 1 atom stereocenters. The summed E-state index contributed by atoms with van der Waals surface area (Å²) < 4.78 is 5.23. The first-order valence-corrected chi connectivity index (χ1v) is 4.63. The summed E-state index contributed by atoms with van der Waals surface area (Å²) in [4.78, 5) is 11.3. The molecule has 2 rings (SSSR count). The van der Waals surface area contributed by atoms with Gasteiger partial charge in [-0.1, -0.05) is 31.5 Å². The van der Waals surface area contributed by atoms with E-state index in [2.05, 4.69) is 6.92 Å². The minimum Gasteiger partial charge on any atom is -0.454 e. The van der Waals surface area contributed by atoms with Crippen LogP contribution in [0.5, 0.6) is 0 Å². The predicted molar refractivity (Wildman–Crippen MR) is 49.5 cm³/mol. The second-order valence-electron chi connectivity index (χ2n) is 3.27. The lowest BCUT2D eigenvalue weighted by atomic mass is 10.0. The van der Waals surface area contributed by atoms with Gasteiger partial charge in [0, 0.05) is 5.56 Å². The molecule has 1 aliphatic heterocycles. The van der Waals surface area contributed by atoms with Crippen LogP contribution >= 0.6 is 0 Å². The molecule has 0 fully saturated rings. The third-order valence-corrected chi connectivity index (χ3v) is 2.33. The van der Waals surface area contributed by atoms with Crippen LogP contribution in [0.3, 0.4) is 0 Å². The number of cyclic esters (lactones) is 1. The maximum Gasteiger partial charge on any atom is 0.339 e. The lowest BCUT2D eigenvalue weighted by molar-refractivity contribution is 0.0367. The van der Waals surface area contributed by atoms with Crippen LogP contribution in [0.4, 0.5) is 0 Å². The summed E-state index contributed by atoms with van der Waals surface area (Å²) >= 11 is 0. The first-order valence-electron chi connectivity index (χ1n) is 4.63. The molecule has 0 aromatic heterocycles. The first-order chi connectivity index (χ1) is 6.33. The number of hydrogen-bond acceptors (Lipinski definition) is 2. The van der Waals surface area contributed by atoms with Gasteiger partial charge in [-0.2, -0.15) is 0 Å². The second kappa shape index (κ2) is 3.21. The van der Waals surface area contributed by atoms with Crippen molar-refractivity contribution in [2.24, 2.45) is 0 Å². The average molecular weight is 176 g/mol. The van der Waals surface area contributed by atoms with E-state index in [1.54, 1.807) is 0 Å². The minimum absolute atomic E-state index is 0.00583. The zero-order chi connectivity index (χ0) is 9.26. The monoisotopic (exact) mass is 176 g/mol. The maximum absolute atomic E-state index is 11.3. The predicted octanol–water partition coefficient (Wildman–Crippen LogP) is 2.70. The molecular weight excluding hydrogens is 164 g/mol. The Morgan fingerprint density at radius 1 is 1.38 bits per heavy atom. The number of esters is 1. The highest BCUT2D eigenvalue weighted by Crippen LogP contribution is 2.33. The number of carbonyl (C=O) groups excluding carboxylic acids is 1. The smallest absolute Gasteiger partial charge is 0.339 e. The summed E-state index contributed by atoms with van der Waals surface area (Å²) in [7, 11) is 0. The van der Waals surface area contributed by atoms with Gasteiger partial charge in [-0.3, -0.25) is 0 Å². The summed E-state index contributed by atoms with van der Waals surface area (Å²) in [6, 6.07) is 7.62. The van der Waals surface area contributed by atoms with E-state index >= 15 is 0 Å². The van der Waals surface area contributed by atoms with Crippen LogP contribution in [0.15, 0.2) is 24.3 Å². The van der Waals surface area contributed by atoms with Gasteiger partial charge in [0.15, 0.2) is 0 Å². The molecule has 13 heavy (non-hydrogen) atoms. The summed E-state index contributed by atoms with van der Waals surface area (Å²) in [6.07, 6.45) is 1.95. The van der Waals surface area contributed by atoms with E-state index in [9.17, 15) is 4.79 Å². The van der Waals surface area contributed by atoms with E-state index in [1.165, 1.54) is 0 Å². The molecule has 2 heteroatoms. The molecule has 1 aliphatic rings. The highest BCUT2D eigenvalue weighted by Gasteiger charge is 2.29. The fourth-order valence-corrected chi connectivity index (χ4v) is 1.70. The molecule has 0 saturated carbocycles. The summed E-state index contributed by atoms with van der Waals surface area (Å²) in [6.45, 7) is 2.09. The van der Waals surface area contributed by atoms with Gasteiger partial charge >= 0.3 is 5.97 Å². The van der Waals surface area contributed by atoms with Gasteiger partial charge < -0.3 is 4.74 Å². The SMILES string of the molecule is CCC[C@@H]1OC(=O)c2ccccc21. The normalized spacial score (nSPS) is 19.8. The van der Waals surface area contributed by atoms with Crippen molar-refractivity contribution in [3.8, 4) is 0 Å². The number of benzene rings is 1. The fraction of sp³-hybridized carbons (Fsp3) is 0.364. The fourth-order valence-electron chi connectivity index (χ4n) is 1.70. The molecule has 1 aromatic carbocycles. The Hall–Kier alpha value is -1.31. The second-order valence-corrected chi connectivity index (χ2v) is 3.27. The number of rotatable bonds is 2. The minimum atomic E-state index is -0.172. The van der Waals surface area contributed by atoms with E-state index in [0.717, 1.165) is 24.0 Å². The molecule has 68 valence electrons. The number of hydrogen-bond donors (Lipinski definition) is 0. The molecule has 1 heterocycles. The molecule has 0 bridgehead atoms. The van der Waals surface area contributed by atoms with Crippen molar-refractivity contribution in [2.75, 3.05) is 0 Å². The Kier molecular flexibility index (Phi) is 2.05. The largest absolute Gasteiger partial charge is 0.454 e. The molecule has 2 nitrogen and oxygen atoms in total. The molecule has 0 aliphatic carbocycles. The molecule has 0 amide bonds. The van der Waals surface area contributed by atoms with Gasteiger partial charge in [-0.15, -0.1) is 0 Å². The highest BCUT2D eigenvalue weighted by molar-refractivity contribution is 5.93. The number of ether oxygens (including phenoxy) is 1. The number of carbonyl (C=O) groups is 1. The standard InChI is InChI=1S/C11H12O2/c1-2-5-10-8-6-3-4-7-9(8)11(12)13-10/h3-4,6-7,10H,2,5H2,1H3/t10-/m0/s1. The lowest BCUT2D eigenvalue weighted by Gasteiger charge is -2.07. The lowest BCUT2D eigenvalue weighted by Crippen LogP contribution is -1.97. The third-order valence-electron chi connectivity index (χ3n) is 2.33. The van der Waals surface area contributed by atoms with Gasteiger partial charge in [-0.05, 0) is 12.5 Å². The van der Waals surface area contributed by atoms with Gasteiger partial charge in [-0.25, -0.2) is 4.79 Å². The van der Waals surface area contributed by atoms with Crippen LogP contribution in [0.1, 0.15) is 41.8 Å². The average Bonchev–Trinajstić information content (AvgIpc) is 2.46. The zero-order valence-electron chi connectivity index (χ0n) is 7.62. The number of fused-ring (bicyclic) bond motifs is 1. The van der Waals surface area contributed by atoms with Crippen molar-refractivity contribution in [3.63, 3.8) is 0 Å². The maximum atomic E-state index is 11.3. The highest BCUT2D eigenvalue weighted by atomic mass is 16.5. The van der Waals surface area contributed by atoms with Crippen molar-refractivity contribution in [1.82, 2.24) is 0 Å². The Bertz CT molecular complexity index is 331.